The lowest BCUT2D eigenvalue weighted by Gasteiger charge is -1.87. The summed E-state index contributed by atoms with van der Waals surface area (Å²) in [6.07, 6.45) is 2.93. The molecule has 0 fully saturated rings. The van der Waals surface area contributed by atoms with Gasteiger partial charge in [-0.3, -0.25) is 9.79 Å². The van der Waals surface area contributed by atoms with Crippen LogP contribution in [-0.2, 0) is 4.79 Å². The van der Waals surface area contributed by atoms with Crippen LogP contribution in [0.3, 0.4) is 0 Å². The molecule has 0 aliphatic carbocycles. The summed E-state index contributed by atoms with van der Waals surface area (Å²) in [6.45, 7) is 1.84. The Labute approximate surface area is 64.5 Å². The van der Waals surface area contributed by atoms with Crippen LogP contribution in [-0.4, -0.2) is 24.4 Å². The van der Waals surface area contributed by atoms with E-state index in [4.69, 9.17) is 5.73 Å². The number of hydrogen-bond acceptors (Lipinski definition) is 4. The van der Waals surface area contributed by atoms with Crippen molar-refractivity contribution in [1.82, 2.24) is 0 Å². The Morgan fingerprint density at radius 3 is 3.09 bits per heavy atom. The lowest BCUT2D eigenvalue weighted by Crippen LogP contribution is -2.13. The molecule has 0 unspecified atom stereocenters. The molecule has 1 aliphatic heterocycles. The zero-order valence-corrected chi connectivity index (χ0v) is 6.24. The number of ketones is 1. The summed E-state index contributed by atoms with van der Waals surface area (Å²) in [6, 6.07) is 0. The first kappa shape index (κ1) is 7.65. The van der Waals surface area contributed by atoms with Gasteiger partial charge in [-0.2, -0.15) is 0 Å². The molecular formula is C7H9N3O. The molecule has 0 atom stereocenters. The lowest BCUT2D eigenvalue weighted by atomic mass is 10.2. The number of amidine groups is 1. The summed E-state index contributed by atoms with van der Waals surface area (Å²) >= 11 is 0. The van der Waals surface area contributed by atoms with Crippen LogP contribution in [0.4, 0.5) is 0 Å². The minimum atomic E-state index is -0.0489. The van der Waals surface area contributed by atoms with Crippen molar-refractivity contribution in [3.63, 3.8) is 0 Å². The molecule has 1 heterocycles. The third-order valence-corrected chi connectivity index (χ3v) is 1.26. The third-order valence-electron chi connectivity index (χ3n) is 1.26. The van der Waals surface area contributed by atoms with Gasteiger partial charge in [-0.15, -0.1) is 0 Å². The van der Waals surface area contributed by atoms with Gasteiger partial charge in [-0.25, -0.2) is 4.99 Å². The SMILES string of the molecule is CC(=O)C1=CN=C(N)CN=C1. The summed E-state index contributed by atoms with van der Waals surface area (Å²) in [5.41, 5.74) is 5.87. The molecule has 58 valence electrons. The third kappa shape index (κ3) is 2.00. The molecule has 4 heteroatoms. The number of nitrogens with two attached hydrogens (primary N) is 1. The Balaban J connectivity index is 2.89. The molecule has 0 aromatic heterocycles. The van der Waals surface area contributed by atoms with Crippen LogP contribution >= 0.6 is 0 Å². The Kier molecular flexibility index (Phi) is 2.15. The highest BCUT2D eigenvalue weighted by Gasteiger charge is 2.01. The van der Waals surface area contributed by atoms with Gasteiger partial charge in [0.15, 0.2) is 5.78 Å². The van der Waals surface area contributed by atoms with Gasteiger partial charge in [0, 0.05) is 12.4 Å². The van der Waals surface area contributed by atoms with E-state index in [0.29, 0.717) is 18.0 Å². The van der Waals surface area contributed by atoms with Crippen molar-refractivity contribution in [2.45, 2.75) is 6.92 Å². The second-order valence-corrected chi connectivity index (χ2v) is 2.23. The fourth-order valence-electron chi connectivity index (χ4n) is 0.646. The van der Waals surface area contributed by atoms with Gasteiger partial charge in [-0.1, -0.05) is 0 Å². The molecular weight excluding hydrogens is 142 g/mol. The van der Waals surface area contributed by atoms with Gasteiger partial charge in [-0.05, 0) is 6.92 Å². The summed E-state index contributed by atoms with van der Waals surface area (Å²) in [5, 5.41) is 0. The van der Waals surface area contributed by atoms with Gasteiger partial charge in [0.05, 0.1) is 12.1 Å². The number of carbonyl (C=O) groups is 1. The molecule has 0 aromatic rings. The minimum Gasteiger partial charge on any atom is -0.386 e. The first-order valence-electron chi connectivity index (χ1n) is 3.23. The van der Waals surface area contributed by atoms with Gasteiger partial charge < -0.3 is 5.73 Å². The summed E-state index contributed by atoms with van der Waals surface area (Å²) in [5.74, 6) is 0.379. The fraction of sp³-hybridized carbons (Fsp3) is 0.286. The van der Waals surface area contributed by atoms with E-state index in [2.05, 4.69) is 9.98 Å². The number of nitrogens with zero attached hydrogens (tertiary/aromatic N) is 2. The molecule has 0 saturated carbocycles. The lowest BCUT2D eigenvalue weighted by molar-refractivity contribution is -0.113. The van der Waals surface area contributed by atoms with Gasteiger partial charge in [0.2, 0.25) is 0 Å². The van der Waals surface area contributed by atoms with Gasteiger partial charge in [0.25, 0.3) is 0 Å². The highest BCUT2D eigenvalue weighted by atomic mass is 16.1. The predicted octanol–water partition coefficient (Wildman–Crippen LogP) is -0.0991. The smallest absolute Gasteiger partial charge is 0.162 e. The maximum Gasteiger partial charge on any atom is 0.162 e. The molecule has 0 spiro atoms. The van der Waals surface area contributed by atoms with Crippen molar-refractivity contribution >= 4 is 17.8 Å². The van der Waals surface area contributed by atoms with Gasteiger partial charge in [0.1, 0.15) is 5.84 Å². The Morgan fingerprint density at radius 1 is 1.73 bits per heavy atom. The zero-order valence-electron chi connectivity index (χ0n) is 6.24. The first-order valence-corrected chi connectivity index (χ1v) is 3.23. The summed E-state index contributed by atoms with van der Waals surface area (Å²) in [4.78, 5) is 18.5. The van der Waals surface area contributed by atoms with Crippen LogP contribution < -0.4 is 5.73 Å². The highest BCUT2D eigenvalue weighted by molar-refractivity contribution is 6.13. The Hall–Kier alpha value is -1.45. The second-order valence-electron chi connectivity index (χ2n) is 2.23. The van der Waals surface area contributed by atoms with Crippen molar-refractivity contribution in [1.29, 1.82) is 0 Å². The second kappa shape index (κ2) is 3.09. The van der Waals surface area contributed by atoms with E-state index >= 15 is 0 Å². The maximum atomic E-state index is 10.8. The zero-order chi connectivity index (χ0) is 8.27. The molecule has 2 N–H and O–H groups in total. The van der Waals surface area contributed by atoms with Crippen molar-refractivity contribution < 1.29 is 4.79 Å². The fourth-order valence-corrected chi connectivity index (χ4v) is 0.646. The van der Waals surface area contributed by atoms with Crippen molar-refractivity contribution in [2.24, 2.45) is 15.7 Å². The van der Waals surface area contributed by atoms with Crippen LogP contribution in [0.2, 0.25) is 0 Å². The number of aliphatic imine (C=N–C) groups is 2. The molecule has 1 rings (SSSR count). The molecule has 0 bridgehead atoms. The number of carbonyl (C=O) groups excluding carboxylic acids is 1. The van der Waals surface area contributed by atoms with Crippen LogP contribution in [0.5, 0.6) is 0 Å². The summed E-state index contributed by atoms with van der Waals surface area (Å²) in [7, 11) is 0. The predicted molar refractivity (Wildman–Crippen MR) is 43.7 cm³/mol. The number of hydrogen-bond donors (Lipinski definition) is 1. The Bertz CT molecular complexity index is 263. The number of rotatable bonds is 1. The molecule has 4 nitrogen and oxygen atoms in total. The number of Topliss-reactive ketones (excluding diaryl/α,β-unsaturated/α-hetero) is 1. The standard InChI is InChI=1S/C7H9N3O/c1-5(11)6-2-9-4-7(8)10-3-6/h2-3H,4H2,1H3,(H2,8,10). The van der Waals surface area contributed by atoms with E-state index in [1.165, 1.54) is 19.3 Å². The van der Waals surface area contributed by atoms with Crippen LogP contribution in [0.25, 0.3) is 0 Å². The molecule has 0 radical (unpaired) electrons. The molecule has 1 aliphatic rings. The molecule has 0 aromatic carbocycles. The van der Waals surface area contributed by atoms with E-state index in [0.717, 1.165) is 0 Å². The number of allylic oxidation sites excluding steroid dienone is 1. The monoisotopic (exact) mass is 151 g/mol. The average molecular weight is 151 g/mol. The van der Waals surface area contributed by atoms with E-state index in [-0.39, 0.29) is 5.78 Å². The molecule has 11 heavy (non-hydrogen) atoms. The first-order chi connectivity index (χ1) is 5.20. The summed E-state index contributed by atoms with van der Waals surface area (Å²) < 4.78 is 0. The van der Waals surface area contributed by atoms with Crippen LogP contribution in [0.1, 0.15) is 6.92 Å². The van der Waals surface area contributed by atoms with Crippen molar-refractivity contribution in [3.05, 3.63) is 11.8 Å². The van der Waals surface area contributed by atoms with E-state index in [9.17, 15) is 4.79 Å². The van der Waals surface area contributed by atoms with E-state index in [1.54, 1.807) is 0 Å². The minimum absolute atomic E-state index is 0.0489. The van der Waals surface area contributed by atoms with Crippen LogP contribution in [0.15, 0.2) is 21.8 Å². The topological polar surface area (TPSA) is 67.8 Å². The molecule has 0 saturated heterocycles. The van der Waals surface area contributed by atoms with Crippen LogP contribution in [0, 0.1) is 0 Å². The average Bonchev–Trinajstić information content (AvgIpc) is 2.13. The van der Waals surface area contributed by atoms with Gasteiger partial charge >= 0.3 is 0 Å². The normalized spacial score (nSPS) is 16.8. The van der Waals surface area contributed by atoms with E-state index in [1.807, 2.05) is 0 Å². The van der Waals surface area contributed by atoms with Crippen molar-refractivity contribution in [2.75, 3.05) is 6.54 Å². The maximum absolute atomic E-state index is 10.8. The highest BCUT2D eigenvalue weighted by Crippen LogP contribution is 1.96. The largest absolute Gasteiger partial charge is 0.386 e. The Morgan fingerprint density at radius 2 is 2.45 bits per heavy atom. The molecule has 0 amide bonds. The van der Waals surface area contributed by atoms with E-state index < -0.39 is 0 Å². The quantitative estimate of drug-likeness (QED) is 0.568. The van der Waals surface area contributed by atoms with Crippen molar-refractivity contribution in [3.8, 4) is 0 Å².